The van der Waals surface area contributed by atoms with Crippen molar-refractivity contribution in [2.24, 2.45) is 5.73 Å². The van der Waals surface area contributed by atoms with E-state index in [1.807, 2.05) is 42.5 Å². The van der Waals surface area contributed by atoms with Crippen LogP contribution >= 0.6 is 11.6 Å². The Kier molecular flexibility index (Phi) is 3.67. The largest absolute Gasteiger partial charge is 0.497 e. The van der Waals surface area contributed by atoms with Crippen LogP contribution in [0.5, 0.6) is 5.75 Å². The van der Waals surface area contributed by atoms with Crippen molar-refractivity contribution in [3.8, 4) is 16.9 Å². The molecule has 3 heteroatoms. The van der Waals surface area contributed by atoms with E-state index < -0.39 is 0 Å². The van der Waals surface area contributed by atoms with Crippen LogP contribution in [0.4, 0.5) is 0 Å². The van der Waals surface area contributed by atoms with Gasteiger partial charge in [-0.15, -0.1) is 0 Å². The van der Waals surface area contributed by atoms with Gasteiger partial charge in [-0.05, 0) is 35.4 Å². The molecule has 0 fully saturated rings. The van der Waals surface area contributed by atoms with Crippen molar-refractivity contribution in [2.45, 2.75) is 6.54 Å². The van der Waals surface area contributed by atoms with E-state index in [4.69, 9.17) is 22.1 Å². The number of halogens is 1. The van der Waals surface area contributed by atoms with Crippen molar-refractivity contribution in [1.82, 2.24) is 0 Å². The van der Waals surface area contributed by atoms with Crippen molar-refractivity contribution < 1.29 is 4.74 Å². The van der Waals surface area contributed by atoms with Crippen molar-refractivity contribution in [2.75, 3.05) is 7.11 Å². The van der Waals surface area contributed by atoms with E-state index in [-0.39, 0.29) is 0 Å². The topological polar surface area (TPSA) is 35.2 Å². The molecule has 0 bridgehead atoms. The van der Waals surface area contributed by atoms with Gasteiger partial charge in [-0.25, -0.2) is 0 Å². The highest BCUT2D eigenvalue weighted by atomic mass is 35.5. The maximum Gasteiger partial charge on any atom is 0.119 e. The average Bonchev–Trinajstić information content (AvgIpc) is 2.39. The van der Waals surface area contributed by atoms with Crippen LogP contribution in [-0.2, 0) is 6.54 Å². The van der Waals surface area contributed by atoms with Gasteiger partial charge >= 0.3 is 0 Å². The molecule has 0 amide bonds. The zero-order valence-electron chi connectivity index (χ0n) is 9.61. The summed E-state index contributed by atoms with van der Waals surface area (Å²) in [6.45, 7) is 0.508. The van der Waals surface area contributed by atoms with E-state index in [0.717, 1.165) is 27.5 Å². The van der Waals surface area contributed by atoms with Gasteiger partial charge in [0.15, 0.2) is 0 Å². The SMILES string of the molecule is COc1cccc(-c2cc(CN)ccc2Cl)c1. The first-order chi connectivity index (χ1) is 8.24. The molecule has 2 N–H and O–H groups in total. The van der Waals surface area contributed by atoms with E-state index in [1.54, 1.807) is 7.11 Å². The molecule has 0 aliphatic carbocycles. The second kappa shape index (κ2) is 5.21. The number of rotatable bonds is 3. The molecule has 2 aromatic carbocycles. The van der Waals surface area contributed by atoms with Crippen LogP contribution in [0.1, 0.15) is 5.56 Å². The lowest BCUT2D eigenvalue weighted by Gasteiger charge is -2.08. The van der Waals surface area contributed by atoms with Gasteiger partial charge in [0.25, 0.3) is 0 Å². The van der Waals surface area contributed by atoms with E-state index >= 15 is 0 Å². The number of hydrogen-bond acceptors (Lipinski definition) is 2. The summed E-state index contributed by atoms with van der Waals surface area (Å²) in [5, 5.41) is 0.718. The predicted molar refractivity (Wildman–Crippen MR) is 71.3 cm³/mol. The van der Waals surface area contributed by atoms with Gasteiger partial charge in [-0.1, -0.05) is 29.8 Å². The number of benzene rings is 2. The van der Waals surface area contributed by atoms with Crippen LogP contribution in [0.3, 0.4) is 0 Å². The van der Waals surface area contributed by atoms with Crippen molar-refractivity contribution >= 4 is 11.6 Å². The molecule has 88 valence electrons. The van der Waals surface area contributed by atoms with Crippen molar-refractivity contribution in [3.63, 3.8) is 0 Å². The third kappa shape index (κ3) is 2.60. The first-order valence-corrected chi connectivity index (χ1v) is 5.75. The molecular weight excluding hydrogens is 234 g/mol. The van der Waals surface area contributed by atoms with Gasteiger partial charge in [0.05, 0.1) is 7.11 Å². The normalized spacial score (nSPS) is 10.3. The van der Waals surface area contributed by atoms with Crippen molar-refractivity contribution in [3.05, 3.63) is 53.1 Å². The first kappa shape index (κ1) is 12.0. The van der Waals surface area contributed by atoms with Crippen LogP contribution < -0.4 is 10.5 Å². The Morgan fingerprint density at radius 1 is 1.18 bits per heavy atom. The molecule has 0 unspecified atom stereocenters. The number of hydrogen-bond donors (Lipinski definition) is 1. The monoisotopic (exact) mass is 247 g/mol. The fraction of sp³-hybridized carbons (Fsp3) is 0.143. The molecule has 17 heavy (non-hydrogen) atoms. The van der Waals surface area contributed by atoms with Crippen LogP contribution in [0, 0.1) is 0 Å². The highest BCUT2D eigenvalue weighted by Gasteiger charge is 2.05. The zero-order valence-corrected chi connectivity index (χ0v) is 10.4. The summed E-state index contributed by atoms with van der Waals surface area (Å²) in [5.41, 5.74) is 8.71. The molecular formula is C14H14ClNO. The summed E-state index contributed by atoms with van der Waals surface area (Å²) in [6.07, 6.45) is 0. The smallest absolute Gasteiger partial charge is 0.119 e. The van der Waals surface area contributed by atoms with Gasteiger partial charge in [0.2, 0.25) is 0 Å². The van der Waals surface area contributed by atoms with E-state index in [0.29, 0.717) is 6.54 Å². The second-order valence-corrected chi connectivity index (χ2v) is 4.16. The molecule has 0 aromatic heterocycles. The Morgan fingerprint density at radius 2 is 2.00 bits per heavy atom. The van der Waals surface area contributed by atoms with E-state index in [2.05, 4.69) is 0 Å². The Hall–Kier alpha value is -1.51. The minimum absolute atomic E-state index is 0.508. The first-order valence-electron chi connectivity index (χ1n) is 5.37. The van der Waals surface area contributed by atoms with Gasteiger partial charge in [-0.3, -0.25) is 0 Å². The molecule has 2 aromatic rings. The molecule has 0 atom stereocenters. The summed E-state index contributed by atoms with van der Waals surface area (Å²) in [4.78, 5) is 0. The standard InChI is InChI=1S/C14H14ClNO/c1-17-12-4-2-3-11(8-12)13-7-10(9-16)5-6-14(13)15/h2-8H,9,16H2,1H3. The highest BCUT2D eigenvalue weighted by Crippen LogP contribution is 2.30. The molecule has 0 spiro atoms. The zero-order chi connectivity index (χ0) is 12.3. The molecule has 0 heterocycles. The lowest BCUT2D eigenvalue weighted by atomic mass is 10.0. The average molecular weight is 248 g/mol. The molecule has 0 saturated carbocycles. The van der Waals surface area contributed by atoms with Crippen LogP contribution in [0.2, 0.25) is 5.02 Å². The third-order valence-corrected chi connectivity index (χ3v) is 2.98. The van der Waals surface area contributed by atoms with Gasteiger partial charge in [0.1, 0.15) is 5.75 Å². The quantitative estimate of drug-likeness (QED) is 0.901. The van der Waals surface area contributed by atoms with Crippen LogP contribution in [0.15, 0.2) is 42.5 Å². The summed E-state index contributed by atoms with van der Waals surface area (Å²) < 4.78 is 5.20. The fourth-order valence-electron chi connectivity index (χ4n) is 1.71. The fourth-order valence-corrected chi connectivity index (χ4v) is 1.94. The van der Waals surface area contributed by atoms with Crippen molar-refractivity contribution in [1.29, 1.82) is 0 Å². The van der Waals surface area contributed by atoms with Crippen LogP contribution in [-0.4, -0.2) is 7.11 Å². The maximum absolute atomic E-state index is 6.20. The molecule has 0 aliphatic rings. The number of nitrogens with two attached hydrogens (primary N) is 1. The second-order valence-electron chi connectivity index (χ2n) is 3.75. The Balaban J connectivity index is 2.50. The summed E-state index contributed by atoms with van der Waals surface area (Å²) in [5.74, 6) is 0.816. The summed E-state index contributed by atoms with van der Waals surface area (Å²) in [7, 11) is 1.65. The Morgan fingerprint density at radius 3 is 2.71 bits per heavy atom. The maximum atomic E-state index is 6.20. The third-order valence-electron chi connectivity index (χ3n) is 2.65. The summed E-state index contributed by atoms with van der Waals surface area (Å²) >= 11 is 6.20. The van der Waals surface area contributed by atoms with E-state index in [9.17, 15) is 0 Å². The minimum Gasteiger partial charge on any atom is -0.497 e. The highest BCUT2D eigenvalue weighted by molar-refractivity contribution is 6.33. The number of methoxy groups -OCH3 is 1. The Bertz CT molecular complexity index is 525. The molecule has 2 nitrogen and oxygen atoms in total. The Labute approximate surface area is 106 Å². The number of ether oxygens (including phenoxy) is 1. The lowest BCUT2D eigenvalue weighted by molar-refractivity contribution is 0.415. The summed E-state index contributed by atoms with van der Waals surface area (Å²) in [6, 6.07) is 13.6. The van der Waals surface area contributed by atoms with E-state index in [1.165, 1.54) is 0 Å². The lowest BCUT2D eigenvalue weighted by Crippen LogP contribution is -1.96. The van der Waals surface area contributed by atoms with Gasteiger partial charge in [-0.2, -0.15) is 0 Å². The predicted octanol–water partition coefficient (Wildman–Crippen LogP) is 3.47. The van der Waals surface area contributed by atoms with Gasteiger partial charge < -0.3 is 10.5 Å². The molecule has 0 saturated heterocycles. The molecule has 0 aliphatic heterocycles. The van der Waals surface area contributed by atoms with Gasteiger partial charge in [0, 0.05) is 17.1 Å². The molecule has 2 rings (SSSR count). The molecule has 0 radical (unpaired) electrons. The van der Waals surface area contributed by atoms with Crippen LogP contribution in [0.25, 0.3) is 11.1 Å². The minimum atomic E-state index is 0.508.